The lowest BCUT2D eigenvalue weighted by molar-refractivity contribution is -0.507. The van der Waals surface area contributed by atoms with Crippen LogP contribution in [0.2, 0.25) is 0 Å². The first kappa shape index (κ1) is 13.1. The van der Waals surface area contributed by atoms with Gasteiger partial charge in [0.1, 0.15) is 23.6 Å². The van der Waals surface area contributed by atoms with Gasteiger partial charge in [0.05, 0.1) is 18.6 Å². The molecule has 0 saturated carbocycles. The molecule has 2 aliphatic rings. The fourth-order valence-electron chi connectivity index (χ4n) is 2.16. The van der Waals surface area contributed by atoms with E-state index in [9.17, 15) is 8.42 Å². The Kier molecular flexibility index (Phi) is 3.69. The van der Waals surface area contributed by atoms with Crippen molar-refractivity contribution in [3.05, 3.63) is 0 Å². The third-order valence-corrected chi connectivity index (χ3v) is 5.19. The summed E-state index contributed by atoms with van der Waals surface area (Å²) >= 11 is 0. The minimum absolute atomic E-state index is 0.0191. The van der Waals surface area contributed by atoms with Gasteiger partial charge in [-0.3, -0.25) is 10.4 Å². The maximum atomic E-state index is 11.8. The minimum Gasteiger partial charge on any atom is -0.371 e. The van der Waals surface area contributed by atoms with Gasteiger partial charge in [-0.25, -0.2) is 13.3 Å². The third-order valence-electron chi connectivity index (χ3n) is 3.06. The predicted molar refractivity (Wildman–Crippen MR) is 53.0 cm³/mol. The van der Waals surface area contributed by atoms with Crippen LogP contribution in [-0.4, -0.2) is 66.8 Å². The van der Waals surface area contributed by atoms with Crippen molar-refractivity contribution in [2.24, 2.45) is 0 Å². The molecule has 8 nitrogen and oxygen atoms in total. The Hall–Kier alpha value is -0.290. The van der Waals surface area contributed by atoms with E-state index in [1.807, 2.05) is 0 Å². The number of hydrogen-bond donors (Lipinski definition) is 2. The van der Waals surface area contributed by atoms with E-state index in [-0.39, 0.29) is 19.0 Å². The van der Waals surface area contributed by atoms with Crippen molar-refractivity contribution in [3.8, 4) is 0 Å². The van der Waals surface area contributed by atoms with Gasteiger partial charge in [0.15, 0.2) is 9.84 Å². The molecular weight excluding hydrogens is 254 g/mol. The fourth-order valence-corrected chi connectivity index (χ4v) is 3.52. The first-order valence-electron chi connectivity index (χ1n) is 5.25. The summed E-state index contributed by atoms with van der Waals surface area (Å²) in [7, 11) is -3.25. The molecule has 0 aromatic rings. The molecular formula is C8H15NO7S. The second kappa shape index (κ2) is 4.76. The molecule has 2 fully saturated rings. The second-order valence-corrected chi connectivity index (χ2v) is 6.49. The normalized spacial score (nSPS) is 37.6. The van der Waals surface area contributed by atoms with Crippen molar-refractivity contribution in [1.82, 2.24) is 5.39 Å². The molecule has 2 N–H and O–H groups in total. The highest BCUT2D eigenvalue weighted by Gasteiger charge is 2.53. The van der Waals surface area contributed by atoms with Gasteiger partial charge in [0, 0.05) is 5.75 Å². The number of hydrogen-bond acceptors (Lipinski definition) is 8. The van der Waals surface area contributed by atoms with Gasteiger partial charge in [0.2, 0.25) is 0 Å². The van der Waals surface area contributed by atoms with Crippen molar-refractivity contribution in [3.63, 3.8) is 0 Å². The molecule has 0 unspecified atom stereocenters. The number of fused-ring (bicyclic) bond motifs is 1. The van der Waals surface area contributed by atoms with Crippen LogP contribution in [0.25, 0.3) is 0 Å². The van der Waals surface area contributed by atoms with E-state index in [1.165, 1.54) is 0 Å². The highest BCUT2D eigenvalue weighted by atomic mass is 32.2. The van der Waals surface area contributed by atoms with E-state index in [1.54, 1.807) is 6.92 Å². The Balaban J connectivity index is 2.07. The monoisotopic (exact) mass is 269 g/mol. The smallest absolute Gasteiger partial charge is 0.157 e. The molecule has 2 saturated heterocycles. The van der Waals surface area contributed by atoms with Gasteiger partial charge in [-0.1, -0.05) is 6.92 Å². The SMILES string of the molecule is CCS(=O)(=O)[C@H]1CO[C@H]2[C@@H]1OC[C@H]2ON(O)O. The van der Waals surface area contributed by atoms with Crippen LogP contribution < -0.4 is 0 Å². The summed E-state index contributed by atoms with van der Waals surface area (Å²) in [6.07, 6.45) is -1.92. The summed E-state index contributed by atoms with van der Waals surface area (Å²) in [5.41, 5.74) is 0. The standard InChI is InChI=1S/C8H15NO7S/c1-2-17(12,13)6-4-15-7-5(16-9(10)11)3-14-8(6)7/h5-8,10-11H,2-4H2,1H3/t5-,6+,7-,8-/m1/s1. The van der Waals surface area contributed by atoms with E-state index >= 15 is 0 Å². The molecule has 0 aromatic heterocycles. The lowest BCUT2D eigenvalue weighted by Gasteiger charge is -2.17. The van der Waals surface area contributed by atoms with Crippen LogP contribution in [0.15, 0.2) is 0 Å². The van der Waals surface area contributed by atoms with Crippen LogP contribution in [0.5, 0.6) is 0 Å². The Labute approximate surface area is 98.5 Å². The average molecular weight is 269 g/mol. The summed E-state index contributed by atoms with van der Waals surface area (Å²) in [5.74, 6) is 0.0191. The van der Waals surface area contributed by atoms with E-state index < -0.39 is 38.8 Å². The summed E-state index contributed by atoms with van der Waals surface area (Å²) < 4.78 is 34.2. The highest BCUT2D eigenvalue weighted by molar-refractivity contribution is 7.92. The lowest BCUT2D eigenvalue weighted by atomic mass is 10.1. The molecule has 4 atom stereocenters. The van der Waals surface area contributed by atoms with Crippen LogP contribution in [0.3, 0.4) is 0 Å². The number of sulfone groups is 1. The Morgan fingerprint density at radius 1 is 1.29 bits per heavy atom. The quantitative estimate of drug-likeness (QED) is 0.624. The average Bonchev–Trinajstić information content (AvgIpc) is 2.80. The van der Waals surface area contributed by atoms with Gasteiger partial charge in [-0.15, -0.1) is 0 Å². The summed E-state index contributed by atoms with van der Waals surface area (Å²) in [6.45, 7) is 1.67. The van der Waals surface area contributed by atoms with Crippen LogP contribution in [-0.2, 0) is 24.1 Å². The van der Waals surface area contributed by atoms with Crippen LogP contribution in [0.1, 0.15) is 6.92 Å². The van der Waals surface area contributed by atoms with Gasteiger partial charge < -0.3 is 9.47 Å². The first-order chi connectivity index (χ1) is 7.95. The van der Waals surface area contributed by atoms with Gasteiger partial charge >= 0.3 is 0 Å². The third kappa shape index (κ3) is 2.45. The summed E-state index contributed by atoms with van der Waals surface area (Å²) in [6, 6.07) is 0. The van der Waals surface area contributed by atoms with E-state index in [0.29, 0.717) is 0 Å². The molecule has 2 rings (SSSR count). The molecule has 0 radical (unpaired) electrons. The molecule has 0 amide bonds. The molecule has 0 bridgehead atoms. The van der Waals surface area contributed by atoms with Crippen LogP contribution in [0.4, 0.5) is 0 Å². The van der Waals surface area contributed by atoms with E-state index in [4.69, 9.17) is 19.9 Å². The van der Waals surface area contributed by atoms with Crippen molar-refractivity contribution in [2.45, 2.75) is 30.5 Å². The highest BCUT2D eigenvalue weighted by Crippen LogP contribution is 2.32. The van der Waals surface area contributed by atoms with Crippen LogP contribution in [0, 0.1) is 0 Å². The van der Waals surface area contributed by atoms with Gasteiger partial charge in [-0.05, 0) is 0 Å². The predicted octanol–water partition coefficient (Wildman–Crippen LogP) is -1.03. The minimum atomic E-state index is -3.25. The number of rotatable bonds is 4. The number of nitrogens with zero attached hydrogens (tertiary/aromatic N) is 1. The maximum Gasteiger partial charge on any atom is 0.157 e. The number of ether oxygens (including phenoxy) is 2. The Morgan fingerprint density at radius 3 is 2.53 bits per heavy atom. The largest absolute Gasteiger partial charge is 0.371 e. The fraction of sp³-hybridized carbons (Fsp3) is 1.00. The molecule has 0 spiro atoms. The van der Waals surface area contributed by atoms with Crippen LogP contribution >= 0.6 is 0 Å². The Morgan fingerprint density at radius 2 is 1.94 bits per heavy atom. The first-order valence-corrected chi connectivity index (χ1v) is 6.96. The molecule has 2 heterocycles. The lowest BCUT2D eigenvalue weighted by Crippen LogP contribution is -2.39. The summed E-state index contributed by atoms with van der Waals surface area (Å²) in [4.78, 5) is 4.62. The van der Waals surface area contributed by atoms with E-state index in [2.05, 4.69) is 4.84 Å². The molecule has 2 aliphatic heterocycles. The van der Waals surface area contributed by atoms with Crippen molar-refractivity contribution in [1.29, 1.82) is 0 Å². The van der Waals surface area contributed by atoms with Gasteiger partial charge in [-0.2, -0.15) is 0 Å². The molecule has 0 aromatic carbocycles. The van der Waals surface area contributed by atoms with Gasteiger partial charge in [0.25, 0.3) is 0 Å². The molecule has 17 heavy (non-hydrogen) atoms. The molecule has 100 valence electrons. The topological polar surface area (TPSA) is 106 Å². The van der Waals surface area contributed by atoms with Crippen molar-refractivity contribution >= 4 is 9.84 Å². The molecule has 9 heteroatoms. The Bertz CT molecular complexity index is 370. The zero-order valence-electron chi connectivity index (χ0n) is 9.22. The van der Waals surface area contributed by atoms with Crippen molar-refractivity contribution < 1.29 is 33.1 Å². The second-order valence-electron chi connectivity index (χ2n) is 3.98. The molecule has 0 aliphatic carbocycles. The maximum absolute atomic E-state index is 11.8. The zero-order chi connectivity index (χ0) is 12.6. The van der Waals surface area contributed by atoms with Crippen molar-refractivity contribution in [2.75, 3.05) is 19.0 Å². The summed E-state index contributed by atoms with van der Waals surface area (Å²) in [5, 5.41) is 16.0. The zero-order valence-corrected chi connectivity index (χ0v) is 10.0. The van der Waals surface area contributed by atoms with E-state index in [0.717, 1.165) is 0 Å².